The Kier molecular flexibility index (Phi) is 4.99. The van der Waals surface area contributed by atoms with E-state index in [1.165, 1.54) is 4.90 Å². The second-order valence-electron chi connectivity index (χ2n) is 4.16. The van der Waals surface area contributed by atoms with Gasteiger partial charge in [0.05, 0.1) is 6.04 Å². The van der Waals surface area contributed by atoms with E-state index in [9.17, 15) is 0 Å². The highest BCUT2D eigenvalue weighted by atomic mass is 32.2. The summed E-state index contributed by atoms with van der Waals surface area (Å²) in [5.41, 5.74) is 0.987. The van der Waals surface area contributed by atoms with Crippen molar-refractivity contribution in [2.75, 3.05) is 12.8 Å². The Morgan fingerprint density at radius 3 is 2.58 bits per heavy atom. The molecular formula is C14H19N3OS. The molecule has 0 aliphatic rings. The average molecular weight is 277 g/mol. The molecule has 0 fully saturated rings. The molecule has 2 aromatic rings. The molecule has 102 valence electrons. The zero-order chi connectivity index (χ0) is 13.7. The van der Waals surface area contributed by atoms with Crippen molar-refractivity contribution < 1.29 is 4.52 Å². The zero-order valence-electron chi connectivity index (χ0n) is 11.5. The lowest BCUT2D eigenvalue weighted by molar-refractivity contribution is 0.334. The van der Waals surface area contributed by atoms with Gasteiger partial charge in [0.15, 0.2) is 0 Å². The molecule has 0 bridgehead atoms. The second-order valence-corrected chi connectivity index (χ2v) is 5.50. The third kappa shape index (κ3) is 3.36. The minimum absolute atomic E-state index is 0.121. The zero-order valence-corrected chi connectivity index (χ0v) is 12.3. The van der Waals surface area contributed by atoms with Gasteiger partial charge in [-0.25, -0.2) is 0 Å². The van der Waals surface area contributed by atoms with Gasteiger partial charge in [-0.05, 0) is 43.5 Å². The molecule has 0 saturated carbocycles. The molecule has 1 aromatic carbocycles. The maximum Gasteiger partial charge on any atom is 0.244 e. The highest BCUT2D eigenvalue weighted by Crippen LogP contribution is 2.23. The van der Waals surface area contributed by atoms with Crippen molar-refractivity contribution in [1.82, 2.24) is 15.5 Å². The van der Waals surface area contributed by atoms with Crippen LogP contribution in [-0.2, 0) is 0 Å². The van der Waals surface area contributed by atoms with Crippen molar-refractivity contribution >= 4 is 11.8 Å². The van der Waals surface area contributed by atoms with E-state index < -0.39 is 0 Å². The van der Waals surface area contributed by atoms with Gasteiger partial charge in [0.2, 0.25) is 11.7 Å². The third-order valence-electron chi connectivity index (χ3n) is 2.92. The molecular weight excluding hydrogens is 258 g/mol. The fourth-order valence-corrected chi connectivity index (χ4v) is 2.52. The summed E-state index contributed by atoms with van der Waals surface area (Å²) in [6.07, 6.45) is 0.921. The van der Waals surface area contributed by atoms with E-state index in [0.29, 0.717) is 11.7 Å². The molecule has 1 atom stereocenters. The Morgan fingerprint density at radius 2 is 2.00 bits per heavy atom. The molecule has 0 radical (unpaired) electrons. The molecule has 1 aromatic heterocycles. The van der Waals surface area contributed by atoms with E-state index in [4.69, 9.17) is 4.52 Å². The summed E-state index contributed by atoms with van der Waals surface area (Å²) in [5.74, 6) is 2.37. The lowest BCUT2D eigenvalue weighted by Gasteiger charge is -2.06. The number of hydrogen-bond acceptors (Lipinski definition) is 5. The van der Waals surface area contributed by atoms with Gasteiger partial charge in [-0.1, -0.05) is 19.0 Å². The summed E-state index contributed by atoms with van der Waals surface area (Å²) in [5, 5.41) is 7.21. The molecule has 1 heterocycles. The minimum atomic E-state index is 0.121. The largest absolute Gasteiger partial charge is 0.337 e. The van der Waals surface area contributed by atoms with Crippen LogP contribution in [0.25, 0.3) is 11.4 Å². The quantitative estimate of drug-likeness (QED) is 0.819. The van der Waals surface area contributed by atoms with E-state index in [0.717, 1.165) is 17.7 Å². The Labute approximate surface area is 118 Å². The van der Waals surface area contributed by atoms with Gasteiger partial charge in [-0.2, -0.15) is 4.98 Å². The lowest BCUT2D eigenvalue weighted by Crippen LogP contribution is -2.15. The maximum absolute atomic E-state index is 5.31. The fraction of sp³-hybridized carbons (Fsp3) is 0.429. The molecule has 4 nitrogen and oxygen atoms in total. The number of rotatable bonds is 6. The van der Waals surface area contributed by atoms with Crippen molar-refractivity contribution in [3.63, 3.8) is 0 Å². The van der Waals surface area contributed by atoms with E-state index >= 15 is 0 Å². The van der Waals surface area contributed by atoms with Crippen LogP contribution in [-0.4, -0.2) is 22.9 Å². The van der Waals surface area contributed by atoms with Crippen molar-refractivity contribution in [3.05, 3.63) is 30.2 Å². The van der Waals surface area contributed by atoms with Crippen LogP contribution in [0.15, 0.2) is 33.7 Å². The molecule has 19 heavy (non-hydrogen) atoms. The smallest absolute Gasteiger partial charge is 0.244 e. The number of aromatic nitrogens is 2. The highest BCUT2D eigenvalue weighted by Gasteiger charge is 2.15. The number of thioether (sulfide) groups is 1. The summed E-state index contributed by atoms with van der Waals surface area (Å²) in [7, 11) is 1.90. The van der Waals surface area contributed by atoms with Gasteiger partial charge in [0, 0.05) is 10.5 Å². The van der Waals surface area contributed by atoms with Gasteiger partial charge < -0.3 is 9.84 Å². The van der Waals surface area contributed by atoms with Crippen molar-refractivity contribution in [2.24, 2.45) is 0 Å². The molecule has 1 unspecified atom stereocenters. The normalized spacial score (nSPS) is 12.6. The lowest BCUT2D eigenvalue weighted by atomic mass is 10.2. The fourth-order valence-electron chi connectivity index (χ4n) is 1.86. The predicted molar refractivity (Wildman–Crippen MR) is 78.2 cm³/mol. The van der Waals surface area contributed by atoms with Crippen LogP contribution in [0.3, 0.4) is 0 Å². The first-order valence-corrected chi connectivity index (χ1v) is 7.51. The van der Waals surface area contributed by atoms with E-state index in [1.54, 1.807) is 0 Å². The monoisotopic (exact) mass is 277 g/mol. The molecule has 0 aliphatic heterocycles. The summed E-state index contributed by atoms with van der Waals surface area (Å²) in [6.45, 7) is 4.23. The Balaban J connectivity index is 2.17. The van der Waals surface area contributed by atoms with E-state index in [-0.39, 0.29) is 6.04 Å². The second kappa shape index (κ2) is 6.73. The topological polar surface area (TPSA) is 51.0 Å². The van der Waals surface area contributed by atoms with Crippen LogP contribution >= 0.6 is 11.8 Å². The van der Waals surface area contributed by atoms with E-state index in [2.05, 4.69) is 41.4 Å². The minimum Gasteiger partial charge on any atom is -0.337 e. The number of nitrogens with zero attached hydrogens (tertiary/aromatic N) is 2. The van der Waals surface area contributed by atoms with Crippen LogP contribution in [0.4, 0.5) is 0 Å². The summed E-state index contributed by atoms with van der Waals surface area (Å²) in [6, 6.07) is 8.38. The summed E-state index contributed by atoms with van der Waals surface area (Å²) >= 11 is 1.82. The summed E-state index contributed by atoms with van der Waals surface area (Å²) < 4.78 is 5.31. The van der Waals surface area contributed by atoms with Crippen LogP contribution in [0.1, 0.15) is 32.2 Å². The van der Waals surface area contributed by atoms with Crippen LogP contribution in [0.5, 0.6) is 0 Å². The van der Waals surface area contributed by atoms with Crippen LogP contribution < -0.4 is 5.32 Å². The first-order valence-electron chi connectivity index (χ1n) is 6.52. The van der Waals surface area contributed by atoms with Gasteiger partial charge >= 0.3 is 0 Å². The molecule has 1 N–H and O–H groups in total. The molecule has 0 saturated heterocycles. The standard InChI is InChI=1S/C14H19N3OS/c1-4-12(15-3)14-16-13(17-18-14)10-6-8-11(9-7-10)19-5-2/h6-9,12,15H,4-5H2,1-3H3. The predicted octanol–water partition coefficient (Wildman–Crippen LogP) is 3.52. The molecule has 0 spiro atoms. The van der Waals surface area contributed by atoms with Crippen LogP contribution in [0.2, 0.25) is 0 Å². The van der Waals surface area contributed by atoms with Gasteiger partial charge in [-0.15, -0.1) is 11.8 Å². The first-order chi connectivity index (χ1) is 9.28. The maximum atomic E-state index is 5.31. The number of hydrogen-bond donors (Lipinski definition) is 1. The van der Waals surface area contributed by atoms with Crippen LogP contribution in [0, 0.1) is 0 Å². The number of benzene rings is 1. The van der Waals surface area contributed by atoms with Crippen molar-refractivity contribution in [1.29, 1.82) is 0 Å². The molecule has 0 aliphatic carbocycles. The van der Waals surface area contributed by atoms with Crippen molar-refractivity contribution in [2.45, 2.75) is 31.2 Å². The number of nitrogens with one attached hydrogen (secondary N) is 1. The SMILES string of the molecule is CCSc1ccc(-c2noc(C(CC)NC)n2)cc1. The van der Waals surface area contributed by atoms with Crippen molar-refractivity contribution in [3.8, 4) is 11.4 Å². The highest BCUT2D eigenvalue weighted by molar-refractivity contribution is 7.99. The Morgan fingerprint density at radius 1 is 1.26 bits per heavy atom. The molecule has 5 heteroatoms. The van der Waals surface area contributed by atoms with Gasteiger partial charge in [0.25, 0.3) is 0 Å². The van der Waals surface area contributed by atoms with Gasteiger partial charge in [-0.3, -0.25) is 0 Å². The first kappa shape index (κ1) is 14.1. The Bertz CT molecular complexity index is 506. The molecule has 0 amide bonds. The molecule has 2 rings (SSSR count). The average Bonchev–Trinajstić information content (AvgIpc) is 2.91. The Hall–Kier alpha value is -1.33. The summed E-state index contributed by atoms with van der Waals surface area (Å²) in [4.78, 5) is 5.71. The third-order valence-corrected chi connectivity index (χ3v) is 3.81. The van der Waals surface area contributed by atoms with E-state index in [1.807, 2.05) is 30.9 Å². The van der Waals surface area contributed by atoms with Gasteiger partial charge in [0.1, 0.15) is 0 Å².